The van der Waals surface area contributed by atoms with Crippen molar-refractivity contribution in [1.82, 2.24) is 0 Å². The summed E-state index contributed by atoms with van der Waals surface area (Å²) in [6, 6.07) is 5.43. The summed E-state index contributed by atoms with van der Waals surface area (Å²) < 4.78 is 15.2. The molecule has 4 heteroatoms. The summed E-state index contributed by atoms with van der Waals surface area (Å²) in [6.45, 7) is 1.56. The van der Waals surface area contributed by atoms with Crippen LogP contribution in [0.15, 0.2) is 18.2 Å². The number of esters is 1. The predicted molar refractivity (Wildman–Crippen MR) is 55.0 cm³/mol. The first-order valence-corrected chi connectivity index (χ1v) is 4.52. The van der Waals surface area contributed by atoms with E-state index in [1.807, 2.05) is 12.1 Å². The highest BCUT2D eigenvalue weighted by Gasteiger charge is 2.09. The first kappa shape index (κ1) is 11.4. The molecule has 0 radical (unpaired) electrons. The molecule has 0 bridgehead atoms. The van der Waals surface area contributed by atoms with E-state index >= 15 is 0 Å². The lowest BCUT2D eigenvalue weighted by molar-refractivity contribution is -0.142. The second kappa shape index (κ2) is 5.24. The van der Waals surface area contributed by atoms with Gasteiger partial charge in [0.2, 0.25) is 0 Å². The fraction of sp³-hybridized carbons (Fsp3) is 0.364. The Balaban J connectivity index is 2.90. The molecule has 4 nitrogen and oxygen atoms in total. The number of methoxy groups -OCH3 is 2. The monoisotopic (exact) mass is 210 g/mol. The topological polar surface area (TPSA) is 44.8 Å². The van der Waals surface area contributed by atoms with Crippen LogP contribution in [0.5, 0.6) is 11.5 Å². The van der Waals surface area contributed by atoms with Crippen molar-refractivity contribution in [3.8, 4) is 11.5 Å². The van der Waals surface area contributed by atoms with Crippen LogP contribution in [0.25, 0.3) is 0 Å². The average molecular weight is 210 g/mol. The van der Waals surface area contributed by atoms with Gasteiger partial charge in [0.25, 0.3) is 0 Å². The van der Waals surface area contributed by atoms with Gasteiger partial charge in [-0.25, -0.2) is 0 Å². The number of rotatable bonds is 4. The number of ether oxygens (including phenoxy) is 3. The van der Waals surface area contributed by atoms with Gasteiger partial charge in [-0.3, -0.25) is 4.79 Å². The standard InChI is InChI=1S/C11H14O4/c1-8(12)15-7-9-5-4-6-10(13-2)11(9)14-3/h4-6H,7H2,1-3H3. The summed E-state index contributed by atoms with van der Waals surface area (Å²) in [7, 11) is 3.11. The zero-order valence-electron chi connectivity index (χ0n) is 9.07. The van der Waals surface area contributed by atoms with E-state index in [0.717, 1.165) is 5.56 Å². The molecule has 0 aromatic heterocycles. The van der Waals surface area contributed by atoms with Crippen LogP contribution in [-0.2, 0) is 16.1 Å². The van der Waals surface area contributed by atoms with E-state index in [4.69, 9.17) is 14.2 Å². The van der Waals surface area contributed by atoms with Crippen LogP contribution in [0, 0.1) is 0 Å². The van der Waals surface area contributed by atoms with Crippen molar-refractivity contribution >= 4 is 5.97 Å². The molecule has 0 aliphatic rings. The molecule has 0 amide bonds. The second-order valence-corrected chi connectivity index (χ2v) is 2.93. The Kier molecular flexibility index (Phi) is 3.97. The summed E-state index contributed by atoms with van der Waals surface area (Å²) >= 11 is 0. The smallest absolute Gasteiger partial charge is 0.302 e. The molecule has 0 saturated heterocycles. The van der Waals surface area contributed by atoms with Gasteiger partial charge < -0.3 is 14.2 Å². The molecule has 1 aromatic carbocycles. The first-order valence-electron chi connectivity index (χ1n) is 4.52. The van der Waals surface area contributed by atoms with E-state index in [9.17, 15) is 4.79 Å². The zero-order valence-corrected chi connectivity index (χ0v) is 9.07. The molecule has 15 heavy (non-hydrogen) atoms. The molecule has 0 aliphatic carbocycles. The molecule has 1 aromatic rings. The average Bonchev–Trinajstić information content (AvgIpc) is 2.25. The normalized spacial score (nSPS) is 9.53. The van der Waals surface area contributed by atoms with E-state index in [-0.39, 0.29) is 12.6 Å². The second-order valence-electron chi connectivity index (χ2n) is 2.93. The lowest BCUT2D eigenvalue weighted by atomic mass is 10.2. The Labute approximate surface area is 88.8 Å². The van der Waals surface area contributed by atoms with Gasteiger partial charge >= 0.3 is 5.97 Å². The van der Waals surface area contributed by atoms with E-state index in [1.54, 1.807) is 20.3 Å². The van der Waals surface area contributed by atoms with Crippen molar-refractivity contribution in [1.29, 1.82) is 0 Å². The molecular weight excluding hydrogens is 196 g/mol. The number of para-hydroxylation sites is 1. The highest BCUT2D eigenvalue weighted by Crippen LogP contribution is 2.30. The molecule has 82 valence electrons. The van der Waals surface area contributed by atoms with Crippen LogP contribution in [0.3, 0.4) is 0 Å². The van der Waals surface area contributed by atoms with Crippen molar-refractivity contribution in [3.63, 3.8) is 0 Å². The van der Waals surface area contributed by atoms with Crippen LogP contribution in [0.1, 0.15) is 12.5 Å². The molecule has 0 spiro atoms. The summed E-state index contributed by atoms with van der Waals surface area (Å²) in [5.41, 5.74) is 0.784. The molecule has 0 aliphatic heterocycles. The number of hydrogen-bond acceptors (Lipinski definition) is 4. The Morgan fingerprint density at radius 2 is 2.00 bits per heavy atom. The van der Waals surface area contributed by atoms with E-state index < -0.39 is 0 Å². The Hall–Kier alpha value is -1.71. The number of benzene rings is 1. The van der Waals surface area contributed by atoms with Crippen molar-refractivity contribution in [3.05, 3.63) is 23.8 Å². The van der Waals surface area contributed by atoms with E-state index in [2.05, 4.69) is 0 Å². The first-order chi connectivity index (χ1) is 7.19. The summed E-state index contributed by atoms with van der Waals surface area (Å²) in [4.78, 5) is 10.7. The Morgan fingerprint density at radius 1 is 1.27 bits per heavy atom. The third-order valence-corrected chi connectivity index (χ3v) is 1.92. The lowest BCUT2D eigenvalue weighted by Crippen LogP contribution is -2.01. The summed E-state index contributed by atoms with van der Waals surface area (Å²) in [5.74, 6) is 0.906. The molecule has 0 fully saturated rings. The van der Waals surface area contributed by atoms with Crippen LogP contribution < -0.4 is 9.47 Å². The minimum atomic E-state index is -0.320. The molecular formula is C11H14O4. The largest absolute Gasteiger partial charge is 0.493 e. The van der Waals surface area contributed by atoms with Crippen molar-refractivity contribution in [2.75, 3.05) is 14.2 Å². The minimum Gasteiger partial charge on any atom is -0.493 e. The minimum absolute atomic E-state index is 0.190. The van der Waals surface area contributed by atoms with Crippen molar-refractivity contribution in [2.45, 2.75) is 13.5 Å². The number of carbonyl (C=O) groups is 1. The van der Waals surface area contributed by atoms with E-state index in [0.29, 0.717) is 11.5 Å². The SMILES string of the molecule is COc1cccc(COC(C)=O)c1OC. The van der Waals surface area contributed by atoms with Gasteiger partial charge in [-0.05, 0) is 6.07 Å². The van der Waals surface area contributed by atoms with Gasteiger partial charge in [-0.15, -0.1) is 0 Å². The highest BCUT2D eigenvalue weighted by molar-refractivity contribution is 5.66. The quantitative estimate of drug-likeness (QED) is 0.710. The third-order valence-electron chi connectivity index (χ3n) is 1.92. The highest BCUT2D eigenvalue weighted by atomic mass is 16.5. The van der Waals surface area contributed by atoms with Crippen LogP contribution >= 0.6 is 0 Å². The van der Waals surface area contributed by atoms with Crippen LogP contribution in [0.2, 0.25) is 0 Å². The zero-order chi connectivity index (χ0) is 11.3. The fourth-order valence-electron chi connectivity index (χ4n) is 1.25. The van der Waals surface area contributed by atoms with Crippen LogP contribution in [0.4, 0.5) is 0 Å². The number of carbonyl (C=O) groups excluding carboxylic acids is 1. The third kappa shape index (κ3) is 2.87. The van der Waals surface area contributed by atoms with Gasteiger partial charge in [-0.1, -0.05) is 12.1 Å². The molecule has 0 unspecified atom stereocenters. The lowest BCUT2D eigenvalue weighted by Gasteiger charge is -2.11. The van der Waals surface area contributed by atoms with Crippen molar-refractivity contribution < 1.29 is 19.0 Å². The van der Waals surface area contributed by atoms with Gasteiger partial charge in [0.05, 0.1) is 14.2 Å². The van der Waals surface area contributed by atoms with Gasteiger partial charge in [0.15, 0.2) is 11.5 Å². The van der Waals surface area contributed by atoms with Crippen molar-refractivity contribution in [2.24, 2.45) is 0 Å². The molecule has 1 rings (SSSR count). The summed E-state index contributed by atoms with van der Waals surface area (Å²) in [5, 5.41) is 0. The maximum Gasteiger partial charge on any atom is 0.302 e. The summed E-state index contributed by atoms with van der Waals surface area (Å²) in [6.07, 6.45) is 0. The maximum atomic E-state index is 10.7. The molecule has 0 atom stereocenters. The Bertz CT molecular complexity index is 346. The Morgan fingerprint density at radius 3 is 2.53 bits per heavy atom. The molecule has 0 saturated carbocycles. The van der Waals surface area contributed by atoms with Crippen LogP contribution in [-0.4, -0.2) is 20.2 Å². The van der Waals surface area contributed by atoms with Gasteiger partial charge in [0.1, 0.15) is 6.61 Å². The van der Waals surface area contributed by atoms with Gasteiger partial charge in [0, 0.05) is 12.5 Å². The van der Waals surface area contributed by atoms with E-state index in [1.165, 1.54) is 6.92 Å². The maximum absolute atomic E-state index is 10.7. The predicted octanol–water partition coefficient (Wildman–Crippen LogP) is 1.77. The number of hydrogen-bond donors (Lipinski definition) is 0. The molecule has 0 heterocycles. The fourth-order valence-corrected chi connectivity index (χ4v) is 1.25. The molecule has 0 N–H and O–H groups in total. The van der Waals surface area contributed by atoms with Gasteiger partial charge in [-0.2, -0.15) is 0 Å².